The zero-order valence-electron chi connectivity index (χ0n) is 9.77. The lowest BCUT2D eigenvalue weighted by molar-refractivity contribution is 0.316. The summed E-state index contributed by atoms with van der Waals surface area (Å²) in [7, 11) is 0. The van der Waals surface area contributed by atoms with Gasteiger partial charge in [0.05, 0.1) is 6.54 Å². The number of nitrogens with two attached hydrogens (primary N) is 1. The summed E-state index contributed by atoms with van der Waals surface area (Å²) in [5.41, 5.74) is 6.67. The van der Waals surface area contributed by atoms with Crippen LogP contribution in [0.4, 0.5) is 0 Å². The van der Waals surface area contributed by atoms with Crippen molar-refractivity contribution in [3.63, 3.8) is 0 Å². The van der Waals surface area contributed by atoms with E-state index < -0.39 is 0 Å². The smallest absolute Gasteiger partial charge is 0.153 e. The van der Waals surface area contributed by atoms with Crippen molar-refractivity contribution in [1.82, 2.24) is 5.32 Å². The van der Waals surface area contributed by atoms with E-state index in [0.717, 1.165) is 6.54 Å². The van der Waals surface area contributed by atoms with Crippen LogP contribution >= 0.6 is 0 Å². The lowest BCUT2D eigenvalue weighted by atomic mass is 9.85. The quantitative estimate of drug-likeness (QED) is 0.304. The van der Waals surface area contributed by atoms with Crippen molar-refractivity contribution in [3.05, 3.63) is 35.9 Å². The molecule has 0 saturated heterocycles. The fourth-order valence-corrected chi connectivity index (χ4v) is 1.53. The standard InChI is InChI=1S/C12H19N3O/c1-12(2,9-14-8-11(13)15-16)10-6-4-3-5-7-10/h3-7,14,16H,8-9H2,1-2H3,(H2,13,15). The molecule has 0 radical (unpaired) electrons. The van der Waals surface area contributed by atoms with Crippen molar-refractivity contribution < 1.29 is 5.21 Å². The Labute approximate surface area is 96.2 Å². The lowest BCUT2D eigenvalue weighted by Crippen LogP contribution is -2.37. The van der Waals surface area contributed by atoms with E-state index in [2.05, 4.69) is 36.5 Å². The highest BCUT2D eigenvalue weighted by atomic mass is 16.4. The second kappa shape index (κ2) is 5.51. The molecule has 0 heterocycles. The molecule has 0 aliphatic rings. The van der Waals surface area contributed by atoms with E-state index >= 15 is 0 Å². The first-order valence-electron chi connectivity index (χ1n) is 5.29. The number of nitrogens with zero attached hydrogens (tertiary/aromatic N) is 1. The Bertz CT molecular complexity index is 347. The summed E-state index contributed by atoms with van der Waals surface area (Å²) in [6, 6.07) is 10.3. The SMILES string of the molecule is CC(C)(CNCC(N)=NO)c1ccccc1. The summed E-state index contributed by atoms with van der Waals surface area (Å²) >= 11 is 0. The molecule has 0 unspecified atom stereocenters. The molecule has 0 aliphatic carbocycles. The molecule has 1 aromatic rings. The van der Waals surface area contributed by atoms with Crippen LogP contribution in [0.1, 0.15) is 19.4 Å². The first-order chi connectivity index (χ1) is 7.56. The van der Waals surface area contributed by atoms with Gasteiger partial charge in [0, 0.05) is 12.0 Å². The maximum Gasteiger partial charge on any atom is 0.153 e. The molecular formula is C12H19N3O. The van der Waals surface area contributed by atoms with Gasteiger partial charge in [-0.1, -0.05) is 49.3 Å². The minimum Gasteiger partial charge on any atom is -0.409 e. The molecule has 0 saturated carbocycles. The average Bonchev–Trinajstić information content (AvgIpc) is 2.30. The van der Waals surface area contributed by atoms with Gasteiger partial charge in [-0.15, -0.1) is 0 Å². The molecule has 4 heteroatoms. The molecule has 0 amide bonds. The highest BCUT2D eigenvalue weighted by molar-refractivity contribution is 5.81. The van der Waals surface area contributed by atoms with Crippen LogP contribution in [0.2, 0.25) is 0 Å². The lowest BCUT2D eigenvalue weighted by Gasteiger charge is -2.25. The predicted molar refractivity (Wildman–Crippen MR) is 65.7 cm³/mol. The zero-order chi connectivity index (χ0) is 12.0. The second-order valence-corrected chi connectivity index (χ2v) is 4.44. The Kier molecular flexibility index (Phi) is 4.31. The van der Waals surface area contributed by atoms with Crippen molar-refractivity contribution in [3.8, 4) is 0 Å². The van der Waals surface area contributed by atoms with Crippen LogP contribution in [-0.2, 0) is 5.41 Å². The van der Waals surface area contributed by atoms with Gasteiger partial charge in [-0.05, 0) is 5.56 Å². The van der Waals surface area contributed by atoms with Crippen LogP contribution in [0.25, 0.3) is 0 Å². The van der Waals surface area contributed by atoms with Gasteiger partial charge < -0.3 is 16.3 Å². The molecule has 1 rings (SSSR count). The van der Waals surface area contributed by atoms with E-state index in [1.54, 1.807) is 0 Å². The number of nitrogens with one attached hydrogen (secondary N) is 1. The summed E-state index contributed by atoms with van der Waals surface area (Å²) in [4.78, 5) is 0. The minimum atomic E-state index is 0.0248. The fourth-order valence-electron chi connectivity index (χ4n) is 1.53. The van der Waals surface area contributed by atoms with Gasteiger partial charge in [-0.25, -0.2) is 0 Å². The van der Waals surface area contributed by atoms with Crippen molar-refractivity contribution in [2.24, 2.45) is 10.9 Å². The monoisotopic (exact) mass is 221 g/mol. The van der Waals surface area contributed by atoms with E-state index in [0.29, 0.717) is 6.54 Å². The summed E-state index contributed by atoms with van der Waals surface area (Å²) in [6.07, 6.45) is 0. The second-order valence-electron chi connectivity index (χ2n) is 4.44. The van der Waals surface area contributed by atoms with E-state index in [1.807, 2.05) is 18.2 Å². The molecular weight excluding hydrogens is 202 g/mol. The van der Waals surface area contributed by atoms with Crippen LogP contribution < -0.4 is 11.1 Å². The van der Waals surface area contributed by atoms with Gasteiger partial charge in [-0.2, -0.15) is 0 Å². The third kappa shape index (κ3) is 3.55. The predicted octanol–water partition coefficient (Wildman–Crippen LogP) is 1.30. The number of oxime groups is 1. The Morgan fingerprint density at radius 3 is 2.56 bits per heavy atom. The average molecular weight is 221 g/mol. The summed E-state index contributed by atoms with van der Waals surface area (Å²) in [6.45, 7) is 5.48. The first-order valence-corrected chi connectivity index (χ1v) is 5.29. The van der Waals surface area contributed by atoms with Gasteiger partial charge in [-0.3, -0.25) is 0 Å². The Morgan fingerprint density at radius 1 is 1.38 bits per heavy atom. The Balaban J connectivity index is 2.53. The summed E-state index contributed by atoms with van der Waals surface area (Å²) in [5, 5.41) is 14.5. The van der Waals surface area contributed by atoms with Crippen molar-refractivity contribution in [2.75, 3.05) is 13.1 Å². The first kappa shape index (κ1) is 12.5. The van der Waals surface area contributed by atoms with E-state index in [4.69, 9.17) is 10.9 Å². The van der Waals surface area contributed by atoms with Crippen LogP contribution in [0, 0.1) is 0 Å². The van der Waals surface area contributed by atoms with Gasteiger partial charge in [0.1, 0.15) is 0 Å². The van der Waals surface area contributed by atoms with Gasteiger partial charge in [0.15, 0.2) is 5.84 Å². The third-order valence-electron chi connectivity index (χ3n) is 2.56. The maximum absolute atomic E-state index is 8.40. The molecule has 4 N–H and O–H groups in total. The zero-order valence-corrected chi connectivity index (χ0v) is 9.77. The number of amidine groups is 1. The molecule has 4 nitrogen and oxygen atoms in total. The van der Waals surface area contributed by atoms with E-state index in [-0.39, 0.29) is 11.3 Å². The molecule has 0 fully saturated rings. The largest absolute Gasteiger partial charge is 0.409 e. The summed E-state index contributed by atoms with van der Waals surface area (Å²) in [5.74, 6) is 0.198. The van der Waals surface area contributed by atoms with E-state index in [1.165, 1.54) is 5.56 Å². The van der Waals surface area contributed by atoms with Gasteiger partial charge in [0.2, 0.25) is 0 Å². The molecule has 88 valence electrons. The number of hydrogen-bond acceptors (Lipinski definition) is 3. The van der Waals surface area contributed by atoms with Gasteiger partial charge in [0.25, 0.3) is 0 Å². The van der Waals surface area contributed by atoms with E-state index in [9.17, 15) is 0 Å². The molecule has 16 heavy (non-hydrogen) atoms. The van der Waals surface area contributed by atoms with Crippen LogP contribution in [0.3, 0.4) is 0 Å². The maximum atomic E-state index is 8.40. The molecule has 0 bridgehead atoms. The molecule has 0 aromatic heterocycles. The number of rotatable bonds is 5. The van der Waals surface area contributed by atoms with Crippen molar-refractivity contribution in [1.29, 1.82) is 0 Å². The highest BCUT2D eigenvalue weighted by Crippen LogP contribution is 2.21. The number of hydrogen-bond donors (Lipinski definition) is 3. The topological polar surface area (TPSA) is 70.6 Å². The molecule has 0 aliphatic heterocycles. The summed E-state index contributed by atoms with van der Waals surface area (Å²) < 4.78 is 0. The van der Waals surface area contributed by atoms with Gasteiger partial charge >= 0.3 is 0 Å². The van der Waals surface area contributed by atoms with Crippen LogP contribution in [-0.4, -0.2) is 24.1 Å². The molecule has 0 atom stereocenters. The van der Waals surface area contributed by atoms with Crippen LogP contribution in [0.15, 0.2) is 35.5 Å². The van der Waals surface area contributed by atoms with Crippen molar-refractivity contribution in [2.45, 2.75) is 19.3 Å². The highest BCUT2D eigenvalue weighted by Gasteiger charge is 2.19. The Morgan fingerprint density at radius 2 is 2.00 bits per heavy atom. The molecule has 1 aromatic carbocycles. The minimum absolute atomic E-state index is 0.0248. The van der Waals surface area contributed by atoms with Crippen LogP contribution in [0.5, 0.6) is 0 Å². The third-order valence-corrected chi connectivity index (χ3v) is 2.56. The molecule has 0 spiro atoms. The normalized spacial score (nSPS) is 12.8. The number of benzene rings is 1. The van der Waals surface area contributed by atoms with Crippen molar-refractivity contribution >= 4 is 5.84 Å². The fraction of sp³-hybridized carbons (Fsp3) is 0.417. The Hall–Kier alpha value is -1.55.